The first-order chi connectivity index (χ1) is 11.5. The summed E-state index contributed by atoms with van der Waals surface area (Å²) >= 11 is 0. The summed E-state index contributed by atoms with van der Waals surface area (Å²) in [5, 5.41) is 33.2. The van der Waals surface area contributed by atoms with Crippen molar-refractivity contribution in [2.24, 2.45) is 0 Å². The monoisotopic (exact) mass is 338 g/mol. The number of tetrazole rings is 2. The van der Waals surface area contributed by atoms with Crippen molar-refractivity contribution in [2.45, 2.75) is 26.1 Å². The molecule has 0 aromatic carbocycles. The first-order valence-corrected chi connectivity index (χ1v) is 7.18. The minimum absolute atomic E-state index is 0.0119. The molecule has 0 saturated carbocycles. The van der Waals surface area contributed by atoms with Crippen LogP contribution in [0.3, 0.4) is 0 Å². The Morgan fingerprint density at radius 2 is 1.79 bits per heavy atom. The van der Waals surface area contributed by atoms with Crippen molar-refractivity contribution >= 4 is 11.8 Å². The Bertz CT molecular complexity index is 627. The molecule has 0 aliphatic rings. The number of hydrogen-bond donors (Lipinski definition) is 2. The van der Waals surface area contributed by atoms with Gasteiger partial charge < -0.3 is 15.3 Å². The molecule has 2 aromatic rings. The van der Waals surface area contributed by atoms with Crippen LogP contribution in [0.1, 0.15) is 6.92 Å². The molecule has 2 aromatic heterocycles. The SMILES string of the molecule is CC(O)CN(CCNC(=O)Cn1cnnn1)C(=O)Cn1cnnn1. The van der Waals surface area contributed by atoms with Gasteiger partial charge in [-0.25, -0.2) is 9.36 Å². The third-order valence-electron chi connectivity index (χ3n) is 2.93. The standard InChI is InChI=1S/C11H18N10O3/c1-9(22)4-19(11(24)6-21-8-14-16-18-21)3-2-12-10(23)5-20-7-13-15-17-20/h7-9,22H,2-6H2,1H3,(H,12,23). The van der Waals surface area contributed by atoms with Crippen LogP contribution in [0.5, 0.6) is 0 Å². The number of carbonyl (C=O) groups is 2. The fourth-order valence-corrected chi connectivity index (χ4v) is 1.91. The molecule has 130 valence electrons. The van der Waals surface area contributed by atoms with Crippen molar-refractivity contribution in [1.82, 2.24) is 50.6 Å². The fraction of sp³-hybridized carbons (Fsp3) is 0.636. The summed E-state index contributed by atoms with van der Waals surface area (Å²) in [4.78, 5) is 25.4. The highest BCUT2D eigenvalue weighted by Crippen LogP contribution is 1.96. The van der Waals surface area contributed by atoms with E-state index in [1.165, 1.54) is 26.9 Å². The zero-order valence-electron chi connectivity index (χ0n) is 13.1. The van der Waals surface area contributed by atoms with Gasteiger partial charge in [0, 0.05) is 19.6 Å². The Morgan fingerprint density at radius 3 is 2.33 bits per heavy atom. The number of hydrogen-bond acceptors (Lipinski definition) is 9. The molecule has 2 heterocycles. The lowest BCUT2D eigenvalue weighted by Crippen LogP contribution is -2.43. The van der Waals surface area contributed by atoms with Gasteiger partial charge in [0.25, 0.3) is 0 Å². The molecule has 0 fully saturated rings. The Balaban J connectivity index is 1.79. The van der Waals surface area contributed by atoms with Gasteiger partial charge in [-0.1, -0.05) is 0 Å². The highest BCUT2D eigenvalue weighted by atomic mass is 16.3. The second-order valence-corrected chi connectivity index (χ2v) is 5.05. The molecule has 1 atom stereocenters. The van der Waals surface area contributed by atoms with Gasteiger partial charge in [-0.15, -0.1) is 10.2 Å². The van der Waals surface area contributed by atoms with E-state index in [1.54, 1.807) is 6.92 Å². The van der Waals surface area contributed by atoms with Crippen LogP contribution in [0.15, 0.2) is 12.7 Å². The molecule has 0 spiro atoms. The van der Waals surface area contributed by atoms with Crippen LogP contribution >= 0.6 is 0 Å². The van der Waals surface area contributed by atoms with E-state index in [1.807, 2.05) is 0 Å². The molecular weight excluding hydrogens is 320 g/mol. The van der Waals surface area contributed by atoms with Crippen molar-refractivity contribution in [3.05, 3.63) is 12.7 Å². The van der Waals surface area contributed by atoms with Gasteiger partial charge in [0.15, 0.2) is 0 Å². The predicted molar refractivity (Wildman–Crippen MR) is 76.9 cm³/mol. The van der Waals surface area contributed by atoms with Crippen LogP contribution in [0.4, 0.5) is 0 Å². The van der Waals surface area contributed by atoms with Crippen molar-refractivity contribution in [3.63, 3.8) is 0 Å². The van der Waals surface area contributed by atoms with Crippen LogP contribution < -0.4 is 5.32 Å². The van der Waals surface area contributed by atoms with Gasteiger partial charge in [-0.2, -0.15) is 0 Å². The number of amides is 2. The number of aromatic nitrogens is 8. The van der Waals surface area contributed by atoms with Gasteiger partial charge in [-0.3, -0.25) is 9.59 Å². The third kappa shape index (κ3) is 5.68. The van der Waals surface area contributed by atoms with E-state index in [2.05, 4.69) is 36.4 Å². The maximum atomic E-state index is 12.2. The van der Waals surface area contributed by atoms with E-state index in [4.69, 9.17) is 0 Å². The minimum atomic E-state index is -0.695. The van der Waals surface area contributed by atoms with E-state index in [9.17, 15) is 14.7 Å². The molecule has 0 bridgehead atoms. The van der Waals surface area contributed by atoms with Crippen LogP contribution in [-0.4, -0.2) is 88.0 Å². The van der Waals surface area contributed by atoms with Crippen molar-refractivity contribution in [2.75, 3.05) is 19.6 Å². The summed E-state index contributed by atoms with van der Waals surface area (Å²) in [6.07, 6.45) is 1.96. The van der Waals surface area contributed by atoms with Gasteiger partial charge in [0.2, 0.25) is 11.8 Å². The molecule has 2 rings (SSSR count). The summed E-state index contributed by atoms with van der Waals surface area (Å²) in [7, 11) is 0. The van der Waals surface area contributed by atoms with Gasteiger partial charge in [0.05, 0.1) is 6.10 Å². The molecule has 0 radical (unpaired) electrons. The first kappa shape index (κ1) is 17.4. The summed E-state index contributed by atoms with van der Waals surface area (Å²) in [5.41, 5.74) is 0. The van der Waals surface area contributed by atoms with Crippen LogP contribution in [0.2, 0.25) is 0 Å². The van der Waals surface area contributed by atoms with Crippen LogP contribution in [0.25, 0.3) is 0 Å². The van der Waals surface area contributed by atoms with Gasteiger partial charge >= 0.3 is 0 Å². The Morgan fingerprint density at radius 1 is 1.17 bits per heavy atom. The van der Waals surface area contributed by atoms with E-state index in [0.29, 0.717) is 0 Å². The van der Waals surface area contributed by atoms with Crippen molar-refractivity contribution in [1.29, 1.82) is 0 Å². The molecule has 0 saturated heterocycles. The van der Waals surface area contributed by atoms with E-state index >= 15 is 0 Å². The second-order valence-electron chi connectivity index (χ2n) is 5.05. The Hall–Kier alpha value is -2.96. The van der Waals surface area contributed by atoms with Crippen LogP contribution in [0, 0.1) is 0 Å². The molecule has 0 aliphatic heterocycles. The summed E-state index contributed by atoms with van der Waals surface area (Å²) in [5.74, 6) is -0.551. The molecule has 0 aliphatic carbocycles. The molecule has 1 unspecified atom stereocenters. The second kappa shape index (κ2) is 8.61. The van der Waals surface area contributed by atoms with Crippen molar-refractivity contribution in [3.8, 4) is 0 Å². The van der Waals surface area contributed by atoms with Gasteiger partial charge in [-0.05, 0) is 27.8 Å². The molecule has 13 nitrogen and oxygen atoms in total. The maximum Gasteiger partial charge on any atom is 0.244 e. The largest absolute Gasteiger partial charge is 0.392 e. The average molecular weight is 338 g/mol. The Kier molecular flexibility index (Phi) is 6.24. The normalized spacial score (nSPS) is 11.9. The molecule has 2 amide bonds. The highest BCUT2D eigenvalue weighted by Gasteiger charge is 2.17. The van der Waals surface area contributed by atoms with Gasteiger partial charge in [0.1, 0.15) is 25.7 Å². The highest BCUT2D eigenvalue weighted by molar-refractivity contribution is 5.77. The number of rotatable bonds is 9. The van der Waals surface area contributed by atoms with E-state index < -0.39 is 6.10 Å². The van der Waals surface area contributed by atoms with Crippen molar-refractivity contribution < 1.29 is 14.7 Å². The minimum Gasteiger partial charge on any atom is -0.392 e. The summed E-state index contributed by atoms with van der Waals surface area (Å²) in [6.45, 7) is 2.14. The summed E-state index contributed by atoms with van der Waals surface area (Å²) < 4.78 is 2.57. The predicted octanol–water partition coefficient (Wildman–Crippen LogP) is -3.31. The topological polar surface area (TPSA) is 157 Å². The third-order valence-corrected chi connectivity index (χ3v) is 2.93. The number of aliphatic hydroxyl groups is 1. The average Bonchev–Trinajstić information content (AvgIpc) is 3.19. The zero-order chi connectivity index (χ0) is 17.4. The zero-order valence-corrected chi connectivity index (χ0v) is 13.1. The maximum absolute atomic E-state index is 12.2. The number of carbonyl (C=O) groups excluding carboxylic acids is 2. The molecule has 2 N–H and O–H groups in total. The lowest BCUT2D eigenvalue weighted by molar-refractivity contribution is -0.133. The quantitative estimate of drug-likeness (QED) is 0.477. The van der Waals surface area contributed by atoms with E-state index in [-0.39, 0.29) is 44.5 Å². The lowest BCUT2D eigenvalue weighted by atomic mass is 10.3. The van der Waals surface area contributed by atoms with E-state index in [0.717, 1.165) is 0 Å². The first-order valence-electron chi connectivity index (χ1n) is 7.18. The number of nitrogens with zero attached hydrogens (tertiary/aromatic N) is 9. The lowest BCUT2D eigenvalue weighted by Gasteiger charge is -2.24. The molecule has 24 heavy (non-hydrogen) atoms. The molecule has 13 heteroatoms. The smallest absolute Gasteiger partial charge is 0.244 e. The molecular formula is C11H18N10O3. The number of nitrogens with one attached hydrogen (secondary N) is 1. The Labute approximate surface area is 136 Å². The fourth-order valence-electron chi connectivity index (χ4n) is 1.91. The summed E-state index contributed by atoms with van der Waals surface area (Å²) in [6, 6.07) is 0. The van der Waals surface area contributed by atoms with Crippen LogP contribution in [-0.2, 0) is 22.7 Å². The number of aliphatic hydroxyl groups excluding tert-OH is 1.